The van der Waals surface area contributed by atoms with Gasteiger partial charge >= 0.3 is 5.97 Å². The fourth-order valence-corrected chi connectivity index (χ4v) is 0.752. The van der Waals surface area contributed by atoms with Gasteiger partial charge in [-0.15, -0.1) is 0 Å². The van der Waals surface area contributed by atoms with E-state index in [2.05, 4.69) is 6.92 Å². The number of carbonyl (C=O) groups excluding carboxylic acids is 1. The fraction of sp³-hybridized carbons (Fsp3) is 0.800. The minimum absolute atomic E-state index is 0.0593. The number of carbonyl (C=O) groups is 2. The summed E-state index contributed by atoms with van der Waals surface area (Å²) in [5, 5.41) is 7.42. The minimum Gasteiger partial charge on any atom is -0.481 e. The van der Waals surface area contributed by atoms with Gasteiger partial charge in [-0.3, -0.25) is 9.59 Å². The Morgan fingerprint density at radius 3 is 2.07 bits per heavy atom. The predicted molar refractivity (Wildman–Crippen MR) is 54.1 cm³/mol. The molecule has 0 radical (unpaired) electrons. The Kier molecular flexibility index (Phi) is 13.1. The maximum Gasteiger partial charge on any atom is 0.305 e. The lowest BCUT2D eigenvalue weighted by Crippen LogP contribution is -2.02. The molecule has 0 atom stereocenters. The third-order valence-corrected chi connectivity index (χ3v) is 1.29. The Bertz CT molecular complexity index is 150. The summed E-state index contributed by atoms with van der Waals surface area (Å²) in [6.45, 7) is 5.54. The van der Waals surface area contributed by atoms with Crippen LogP contribution in [0.4, 0.5) is 0 Å². The van der Waals surface area contributed by atoms with Crippen LogP contribution in [0.2, 0.25) is 0 Å². The number of aliphatic carboxylic acids is 1. The zero-order valence-electron chi connectivity index (χ0n) is 9.21. The molecule has 0 rings (SSSR count). The summed E-state index contributed by atoms with van der Waals surface area (Å²) < 4.78 is 4.75. The van der Waals surface area contributed by atoms with Crippen LogP contribution in [0.15, 0.2) is 0 Å². The van der Waals surface area contributed by atoms with Gasteiger partial charge in [-0.05, 0) is 13.3 Å². The van der Waals surface area contributed by atoms with E-state index in [9.17, 15) is 4.79 Å². The first kappa shape index (κ1) is 15.4. The molecule has 0 aliphatic heterocycles. The lowest BCUT2D eigenvalue weighted by atomic mass is 10.2. The third kappa shape index (κ3) is 22.4. The van der Waals surface area contributed by atoms with Crippen LogP contribution in [-0.4, -0.2) is 23.7 Å². The average molecular weight is 204 g/mol. The first-order chi connectivity index (χ1) is 6.54. The number of carboxylic acids is 1. The molecular formula is C10H20O4. The zero-order chi connectivity index (χ0) is 11.4. The summed E-state index contributed by atoms with van der Waals surface area (Å²) >= 11 is 0. The average Bonchev–Trinajstić information content (AvgIpc) is 2.04. The highest BCUT2D eigenvalue weighted by Gasteiger charge is 1.98. The molecule has 0 aromatic heterocycles. The van der Waals surface area contributed by atoms with Gasteiger partial charge in [0.05, 0.1) is 6.61 Å². The first-order valence-electron chi connectivity index (χ1n) is 4.89. The molecule has 0 aromatic rings. The second-order valence-electron chi connectivity index (χ2n) is 2.78. The second-order valence-corrected chi connectivity index (χ2v) is 2.78. The van der Waals surface area contributed by atoms with E-state index >= 15 is 0 Å². The summed E-state index contributed by atoms with van der Waals surface area (Å²) in [5.74, 6) is -0.893. The number of hydrogen-bond donors (Lipinski definition) is 1. The van der Waals surface area contributed by atoms with E-state index in [0.717, 1.165) is 26.2 Å². The van der Waals surface area contributed by atoms with Crippen LogP contribution in [0, 0.1) is 0 Å². The molecule has 4 heteroatoms. The summed E-state index contributed by atoms with van der Waals surface area (Å²) in [6, 6.07) is 0. The summed E-state index contributed by atoms with van der Waals surface area (Å²) in [7, 11) is 0. The largest absolute Gasteiger partial charge is 0.481 e. The molecule has 0 unspecified atom stereocenters. The fourth-order valence-electron chi connectivity index (χ4n) is 0.752. The van der Waals surface area contributed by atoms with Crippen LogP contribution in [-0.2, 0) is 14.3 Å². The smallest absolute Gasteiger partial charge is 0.305 e. The summed E-state index contributed by atoms with van der Waals surface area (Å²) in [5.41, 5.74) is 0. The highest BCUT2D eigenvalue weighted by atomic mass is 16.5. The standard InChI is InChI=1S/C8H16O2.C2H4O2/c1-3-5-6-7-8(9)10-4-2;1-2(3)4/h3-7H2,1-2H3;1H3,(H,3,4). The molecular weight excluding hydrogens is 184 g/mol. The maximum absolute atomic E-state index is 10.7. The van der Waals surface area contributed by atoms with Crippen LogP contribution in [0.3, 0.4) is 0 Å². The van der Waals surface area contributed by atoms with Gasteiger partial charge in [-0.1, -0.05) is 19.8 Å². The van der Waals surface area contributed by atoms with Crippen molar-refractivity contribution >= 4 is 11.9 Å². The molecule has 4 nitrogen and oxygen atoms in total. The van der Waals surface area contributed by atoms with Gasteiger partial charge in [-0.2, -0.15) is 0 Å². The van der Waals surface area contributed by atoms with Gasteiger partial charge in [0.25, 0.3) is 5.97 Å². The lowest BCUT2D eigenvalue weighted by Gasteiger charge is -1.99. The van der Waals surface area contributed by atoms with Crippen LogP contribution < -0.4 is 0 Å². The Balaban J connectivity index is 0. The molecule has 0 saturated carbocycles. The number of carboxylic acid groups (broad SMARTS) is 1. The van der Waals surface area contributed by atoms with Crippen molar-refractivity contribution in [2.45, 2.75) is 46.5 Å². The highest BCUT2D eigenvalue weighted by Crippen LogP contribution is 1.99. The second kappa shape index (κ2) is 11.9. The topological polar surface area (TPSA) is 63.6 Å². The van der Waals surface area contributed by atoms with Crippen molar-refractivity contribution in [3.63, 3.8) is 0 Å². The van der Waals surface area contributed by atoms with E-state index < -0.39 is 5.97 Å². The number of rotatable bonds is 5. The van der Waals surface area contributed by atoms with Crippen molar-refractivity contribution in [3.8, 4) is 0 Å². The summed E-state index contributed by atoms with van der Waals surface area (Å²) in [4.78, 5) is 19.7. The molecule has 0 aromatic carbocycles. The van der Waals surface area contributed by atoms with E-state index in [1.165, 1.54) is 0 Å². The van der Waals surface area contributed by atoms with Gasteiger partial charge in [0.15, 0.2) is 0 Å². The van der Waals surface area contributed by atoms with E-state index in [-0.39, 0.29) is 5.97 Å². The zero-order valence-corrected chi connectivity index (χ0v) is 9.21. The van der Waals surface area contributed by atoms with Crippen molar-refractivity contribution < 1.29 is 19.4 Å². The molecule has 84 valence electrons. The number of ether oxygens (including phenoxy) is 1. The van der Waals surface area contributed by atoms with Crippen molar-refractivity contribution in [1.29, 1.82) is 0 Å². The molecule has 0 heterocycles. The molecule has 0 spiro atoms. The van der Waals surface area contributed by atoms with Crippen molar-refractivity contribution in [2.75, 3.05) is 6.61 Å². The number of unbranched alkanes of at least 4 members (excludes halogenated alkanes) is 2. The Morgan fingerprint density at radius 2 is 1.71 bits per heavy atom. The SMILES string of the molecule is CC(=O)O.CCCCCC(=O)OCC. The lowest BCUT2D eigenvalue weighted by molar-refractivity contribution is -0.143. The van der Waals surface area contributed by atoms with Crippen molar-refractivity contribution in [3.05, 3.63) is 0 Å². The molecule has 0 amide bonds. The molecule has 0 aliphatic carbocycles. The van der Waals surface area contributed by atoms with Gasteiger partial charge < -0.3 is 9.84 Å². The molecule has 0 saturated heterocycles. The molecule has 1 N–H and O–H groups in total. The maximum atomic E-state index is 10.7. The minimum atomic E-state index is -0.833. The van der Waals surface area contributed by atoms with Crippen LogP contribution in [0.5, 0.6) is 0 Å². The quantitative estimate of drug-likeness (QED) is 0.551. The van der Waals surface area contributed by atoms with Crippen molar-refractivity contribution in [2.24, 2.45) is 0 Å². The van der Waals surface area contributed by atoms with Crippen LogP contribution in [0.25, 0.3) is 0 Å². The van der Waals surface area contributed by atoms with Gasteiger partial charge in [0, 0.05) is 13.3 Å². The van der Waals surface area contributed by atoms with E-state index in [0.29, 0.717) is 13.0 Å². The number of esters is 1. The van der Waals surface area contributed by atoms with Gasteiger partial charge in [-0.25, -0.2) is 0 Å². The molecule has 14 heavy (non-hydrogen) atoms. The molecule has 0 bridgehead atoms. The Labute approximate surface area is 85.3 Å². The first-order valence-corrected chi connectivity index (χ1v) is 4.89. The highest BCUT2D eigenvalue weighted by molar-refractivity contribution is 5.69. The Hall–Kier alpha value is -1.06. The van der Waals surface area contributed by atoms with Gasteiger partial charge in [0.1, 0.15) is 0 Å². The van der Waals surface area contributed by atoms with Crippen LogP contribution in [0.1, 0.15) is 46.5 Å². The Morgan fingerprint density at radius 1 is 1.21 bits per heavy atom. The van der Waals surface area contributed by atoms with E-state index in [1.54, 1.807) is 0 Å². The van der Waals surface area contributed by atoms with E-state index in [4.69, 9.17) is 14.6 Å². The predicted octanol–water partition coefficient (Wildman–Crippen LogP) is 2.22. The van der Waals surface area contributed by atoms with Crippen molar-refractivity contribution in [1.82, 2.24) is 0 Å². The van der Waals surface area contributed by atoms with E-state index in [1.807, 2.05) is 6.92 Å². The number of hydrogen-bond acceptors (Lipinski definition) is 3. The summed E-state index contributed by atoms with van der Waals surface area (Å²) in [6.07, 6.45) is 3.83. The van der Waals surface area contributed by atoms with Gasteiger partial charge in [0.2, 0.25) is 0 Å². The molecule has 0 aliphatic rings. The third-order valence-electron chi connectivity index (χ3n) is 1.29. The monoisotopic (exact) mass is 204 g/mol. The normalized spacial score (nSPS) is 8.50. The van der Waals surface area contributed by atoms with Crippen LogP contribution >= 0.6 is 0 Å². The molecule has 0 fully saturated rings.